The number of carbonyl (C=O) groups is 1. The van der Waals surface area contributed by atoms with Gasteiger partial charge in [-0.2, -0.15) is 0 Å². The lowest BCUT2D eigenvalue weighted by atomic mass is 10.0. The molecule has 0 saturated heterocycles. The maximum absolute atomic E-state index is 11.7. The lowest BCUT2D eigenvalue weighted by Crippen LogP contribution is -1.98. The minimum Gasteiger partial charge on any atom is -0.504 e. The number of carbonyl (C=O) groups excluding carboxylic acids is 1. The summed E-state index contributed by atoms with van der Waals surface area (Å²) in [6.07, 6.45) is 4.74. The van der Waals surface area contributed by atoms with Crippen molar-refractivity contribution >= 4 is 5.78 Å². The van der Waals surface area contributed by atoms with Gasteiger partial charge in [0.15, 0.2) is 17.3 Å². The molecule has 1 aromatic rings. The van der Waals surface area contributed by atoms with Crippen molar-refractivity contribution in [1.29, 1.82) is 0 Å². The summed E-state index contributed by atoms with van der Waals surface area (Å²) in [6, 6.07) is 4.20. The predicted octanol–water partition coefficient (Wildman–Crippen LogP) is 3.25. The minimum absolute atomic E-state index is 0.0198. The molecule has 0 aliphatic carbocycles. The van der Waals surface area contributed by atoms with Gasteiger partial charge in [0.1, 0.15) is 0 Å². The first-order valence-electron chi connectivity index (χ1n) is 5.70. The van der Waals surface area contributed by atoms with Gasteiger partial charge in [0.25, 0.3) is 0 Å². The summed E-state index contributed by atoms with van der Waals surface area (Å²) in [7, 11) is 0. The van der Waals surface area contributed by atoms with Gasteiger partial charge < -0.3 is 10.2 Å². The van der Waals surface area contributed by atoms with E-state index in [0.717, 1.165) is 25.7 Å². The Balaban J connectivity index is 2.50. The smallest absolute Gasteiger partial charge is 0.163 e. The lowest BCUT2D eigenvalue weighted by molar-refractivity contribution is 0.0978. The summed E-state index contributed by atoms with van der Waals surface area (Å²) in [5.41, 5.74) is 0.465. The summed E-state index contributed by atoms with van der Waals surface area (Å²) in [4.78, 5) is 11.7. The van der Waals surface area contributed by atoms with Crippen LogP contribution < -0.4 is 0 Å². The molecule has 0 bridgehead atoms. The van der Waals surface area contributed by atoms with Crippen LogP contribution in [0.15, 0.2) is 18.2 Å². The van der Waals surface area contributed by atoms with Crippen molar-refractivity contribution in [3.8, 4) is 11.5 Å². The van der Waals surface area contributed by atoms with E-state index in [0.29, 0.717) is 12.0 Å². The molecule has 16 heavy (non-hydrogen) atoms. The number of ketones is 1. The molecule has 0 radical (unpaired) electrons. The number of rotatable bonds is 6. The molecule has 88 valence electrons. The van der Waals surface area contributed by atoms with Gasteiger partial charge in [0.2, 0.25) is 0 Å². The third-order valence-electron chi connectivity index (χ3n) is 2.55. The maximum atomic E-state index is 11.7. The second kappa shape index (κ2) is 6.16. The van der Waals surface area contributed by atoms with Crippen molar-refractivity contribution in [1.82, 2.24) is 0 Å². The highest BCUT2D eigenvalue weighted by Gasteiger charge is 2.08. The number of Topliss-reactive ketones (excluding diaryl/α,β-unsaturated/α-hetero) is 1. The number of unbranched alkanes of at least 4 members (excludes halogenated alkanes) is 3. The van der Waals surface area contributed by atoms with Crippen LogP contribution in [0, 0.1) is 0 Å². The quantitative estimate of drug-likeness (QED) is 0.441. The van der Waals surface area contributed by atoms with E-state index in [9.17, 15) is 9.90 Å². The molecule has 0 amide bonds. The molecule has 1 aromatic carbocycles. The van der Waals surface area contributed by atoms with E-state index in [-0.39, 0.29) is 17.3 Å². The highest BCUT2D eigenvalue weighted by atomic mass is 16.3. The van der Waals surface area contributed by atoms with Crippen LogP contribution >= 0.6 is 0 Å². The van der Waals surface area contributed by atoms with E-state index in [1.165, 1.54) is 18.2 Å². The number of hydrogen-bond donors (Lipinski definition) is 2. The molecule has 0 atom stereocenters. The molecule has 3 heteroatoms. The molecular weight excluding hydrogens is 204 g/mol. The van der Waals surface area contributed by atoms with Crippen molar-refractivity contribution in [2.24, 2.45) is 0 Å². The molecule has 0 unspecified atom stereocenters. The molecule has 0 aromatic heterocycles. The monoisotopic (exact) mass is 222 g/mol. The Hall–Kier alpha value is -1.51. The highest BCUT2D eigenvalue weighted by molar-refractivity contribution is 5.96. The average Bonchev–Trinajstić information content (AvgIpc) is 2.28. The van der Waals surface area contributed by atoms with Crippen LogP contribution in [-0.4, -0.2) is 16.0 Å². The van der Waals surface area contributed by atoms with Crippen LogP contribution in [-0.2, 0) is 0 Å². The summed E-state index contributed by atoms with van der Waals surface area (Å²) < 4.78 is 0. The first-order valence-corrected chi connectivity index (χ1v) is 5.70. The number of phenols is 2. The zero-order chi connectivity index (χ0) is 12.0. The van der Waals surface area contributed by atoms with Crippen molar-refractivity contribution in [3.63, 3.8) is 0 Å². The van der Waals surface area contributed by atoms with Crippen molar-refractivity contribution < 1.29 is 15.0 Å². The van der Waals surface area contributed by atoms with E-state index in [1.807, 2.05) is 0 Å². The standard InChI is InChI=1S/C13H18O3/c1-2-3-4-5-6-11(14)10-7-8-12(15)13(16)9-10/h7-9,15-16H,2-6H2,1H3. The van der Waals surface area contributed by atoms with E-state index in [1.54, 1.807) is 0 Å². The van der Waals surface area contributed by atoms with Gasteiger partial charge in [-0.25, -0.2) is 0 Å². The summed E-state index contributed by atoms with van der Waals surface area (Å²) in [5, 5.41) is 18.4. The Labute approximate surface area is 95.7 Å². The Bertz CT molecular complexity index is 358. The number of benzene rings is 1. The van der Waals surface area contributed by atoms with Crippen LogP contribution in [0.5, 0.6) is 11.5 Å². The lowest BCUT2D eigenvalue weighted by Gasteiger charge is -2.03. The molecule has 0 heterocycles. The fourth-order valence-electron chi connectivity index (χ4n) is 1.55. The van der Waals surface area contributed by atoms with Crippen LogP contribution in [0.1, 0.15) is 49.4 Å². The first kappa shape index (κ1) is 12.6. The SMILES string of the molecule is CCCCCCC(=O)c1ccc(O)c(O)c1. The highest BCUT2D eigenvalue weighted by Crippen LogP contribution is 2.25. The normalized spacial score (nSPS) is 10.3. The maximum Gasteiger partial charge on any atom is 0.163 e. The van der Waals surface area contributed by atoms with Crippen LogP contribution in [0.3, 0.4) is 0 Å². The van der Waals surface area contributed by atoms with Crippen molar-refractivity contribution in [2.45, 2.75) is 39.0 Å². The fraction of sp³-hybridized carbons (Fsp3) is 0.462. The molecule has 2 N–H and O–H groups in total. The largest absolute Gasteiger partial charge is 0.504 e. The summed E-state index contributed by atoms with van der Waals surface area (Å²) in [5.74, 6) is -0.409. The minimum atomic E-state index is -0.237. The molecule has 0 saturated carbocycles. The third kappa shape index (κ3) is 3.57. The summed E-state index contributed by atoms with van der Waals surface area (Å²) in [6.45, 7) is 2.12. The second-order valence-corrected chi connectivity index (χ2v) is 3.94. The molecule has 0 aliphatic rings. The van der Waals surface area contributed by atoms with Crippen molar-refractivity contribution in [3.05, 3.63) is 23.8 Å². The Morgan fingerprint density at radius 3 is 2.50 bits per heavy atom. The van der Waals surface area contributed by atoms with E-state index in [2.05, 4.69) is 6.92 Å². The summed E-state index contributed by atoms with van der Waals surface area (Å²) >= 11 is 0. The van der Waals surface area contributed by atoms with Gasteiger partial charge in [0, 0.05) is 12.0 Å². The molecule has 0 fully saturated rings. The van der Waals surface area contributed by atoms with E-state index < -0.39 is 0 Å². The predicted molar refractivity (Wildman–Crippen MR) is 62.9 cm³/mol. The van der Waals surface area contributed by atoms with Gasteiger partial charge in [0.05, 0.1) is 0 Å². The second-order valence-electron chi connectivity index (χ2n) is 3.94. The van der Waals surface area contributed by atoms with E-state index in [4.69, 9.17) is 5.11 Å². The van der Waals surface area contributed by atoms with Gasteiger partial charge >= 0.3 is 0 Å². The zero-order valence-corrected chi connectivity index (χ0v) is 9.57. The van der Waals surface area contributed by atoms with Crippen LogP contribution in [0.25, 0.3) is 0 Å². The van der Waals surface area contributed by atoms with Gasteiger partial charge in [-0.1, -0.05) is 26.2 Å². The third-order valence-corrected chi connectivity index (χ3v) is 2.55. The Kier molecular flexibility index (Phi) is 4.83. The number of aromatic hydroxyl groups is 2. The van der Waals surface area contributed by atoms with Crippen molar-refractivity contribution in [2.75, 3.05) is 0 Å². The topological polar surface area (TPSA) is 57.5 Å². The number of phenolic OH excluding ortho intramolecular Hbond substituents is 2. The van der Waals surface area contributed by atoms with Crippen LogP contribution in [0.2, 0.25) is 0 Å². The Morgan fingerprint density at radius 1 is 1.12 bits per heavy atom. The van der Waals surface area contributed by atoms with Crippen LogP contribution in [0.4, 0.5) is 0 Å². The molecule has 0 aliphatic heterocycles. The first-order chi connectivity index (χ1) is 7.65. The van der Waals surface area contributed by atoms with Gasteiger partial charge in [-0.05, 0) is 24.6 Å². The zero-order valence-electron chi connectivity index (χ0n) is 9.57. The van der Waals surface area contributed by atoms with E-state index >= 15 is 0 Å². The Morgan fingerprint density at radius 2 is 1.88 bits per heavy atom. The molecule has 3 nitrogen and oxygen atoms in total. The molecular formula is C13H18O3. The van der Waals surface area contributed by atoms with Gasteiger partial charge in [-0.15, -0.1) is 0 Å². The number of hydrogen-bond acceptors (Lipinski definition) is 3. The fourth-order valence-corrected chi connectivity index (χ4v) is 1.55. The molecule has 0 spiro atoms. The van der Waals surface area contributed by atoms with Gasteiger partial charge in [-0.3, -0.25) is 4.79 Å². The average molecular weight is 222 g/mol. The molecule has 1 rings (SSSR count).